The van der Waals surface area contributed by atoms with Crippen molar-refractivity contribution >= 4 is 23.8 Å². The number of nitriles is 1. The number of Topliss-reactive ketones (excluding diaryl/α,β-unsaturated/α-hetero) is 1. The van der Waals surface area contributed by atoms with Crippen molar-refractivity contribution in [1.82, 2.24) is 0 Å². The molecule has 0 fully saturated rings. The van der Waals surface area contributed by atoms with Crippen molar-refractivity contribution in [2.75, 3.05) is 6.61 Å². The maximum absolute atomic E-state index is 11.2. The first kappa shape index (κ1) is 15.5. The SMILES string of the molecule is CCOC=N/C(C#N)=C(/N=C(C)C(C)=O)C(N)=O. The number of carbonyl (C=O) groups is 2. The molecule has 0 saturated heterocycles. The Morgan fingerprint density at radius 1 is 1.44 bits per heavy atom. The topological polar surface area (TPSA) is 118 Å². The maximum Gasteiger partial charge on any atom is 0.270 e. The monoisotopic (exact) mass is 250 g/mol. The Bertz CT molecular complexity index is 469. The van der Waals surface area contributed by atoms with E-state index in [0.717, 1.165) is 6.40 Å². The van der Waals surface area contributed by atoms with E-state index in [1.165, 1.54) is 13.8 Å². The normalized spacial score (nSPS) is 12.9. The van der Waals surface area contributed by atoms with Crippen LogP contribution in [0.2, 0.25) is 0 Å². The van der Waals surface area contributed by atoms with Gasteiger partial charge in [-0.05, 0) is 13.8 Å². The van der Waals surface area contributed by atoms with E-state index in [1.807, 2.05) is 0 Å². The number of amides is 1. The number of nitrogens with two attached hydrogens (primary N) is 1. The fraction of sp³-hybridized carbons (Fsp3) is 0.364. The summed E-state index contributed by atoms with van der Waals surface area (Å²) in [6.45, 7) is 4.79. The second-order valence-electron chi connectivity index (χ2n) is 3.12. The Balaban J connectivity index is 5.54. The van der Waals surface area contributed by atoms with Gasteiger partial charge in [-0.2, -0.15) is 5.26 Å². The summed E-state index contributed by atoms with van der Waals surface area (Å²) in [7, 11) is 0. The first-order valence-electron chi connectivity index (χ1n) is 5.08. The zero-order valence-corrected chi connectivity index (χ0v) is 10.4. The molecule has 0 saturated carbocycles. The second-order valence-corrected chi connectivity index (χ2v) is 3.12. The van der Waals surface area contributed by atoms with Crippen molar-refractivity contribution in [2.45, 2.75) is 20.8 Å². The lowest BCUT2D eigenvalue weighted by Gasteiger charge is -1.99. The number of rotatable bonds is 6. The molecule has 0 unspecified atom stereocenters. The number of carbonyl (C=O) groups excluding carboxylic acids is 2. The number of allylic oxidation sites excluding steroid dienone is 1. The Morgan fingerprint density at radius 3 is 2.44 bits per heavy atom. The van der Waals surface area contributed by atoms with Crippen LogP contribution in [0, 0.1) is 11.3 Å². The van der Waals surface area contributed by atoms with Crippen LogP contribution in [-0.4, -0.2) is 30.4 Å². The number of ether oxygens (including phenoxy) is 1. The van der Waals surface area contributed by atoms with Gasteiger partial charge in [-0.3, -0.25) is 9.59 Å². The predicted molar refractivity (Wildman–Crippen MR) is 65.7 cm³/mol. The molecule has 0 aliphatic heterocycles. The van der Waals surface area contributed by atoms with E-state index in [9.17, 15) is 9.59 Å². The first-order valence-corrected chi connectivity index (χ1v) is 5.08. The van der Waals surface area contributed by atoms with Gasteiger partial charge in [-0.1, -0.05) is 0 Å². The molecular formula is C11H14N4O3. The highest BCUT2D eigenvalue weighted by molar-refractivity contribution is 6.38. The summed E-state index contributed by atoms with van der Waals surface area (Å²) in [4.78, 5) is 29.5. The van der Waals surface area contributed by atoms with Gasteiger partial charge in [-0.15, -0.1) is 0 Å². The number of aliphatic imine (C=N–C) groups is 2. The van der Waals surface area contributed by atoms with Crippen LogP contribution in [0.15, 0.2) is 21.4 Å². The molecule has 2 N–H and O–H groups in total. The summed E-state index contributed by atoms with van der Waals surface area (Å²) in [5, 5.41) is 8.86. The fourth-order valence-corrected chi connectivity index (χ4v) is 0.779. The summed E-state index contributed by atoms with van der Waals surface area (Å²) in [5.41, 5.74) is 4.46. The van der Waals surface area contributed by atoms with Crippen LogP contribution in [0.3, 0.4) is 0 Å². The first-order chi connectivity index (χ1) is 8.43. The molecule has 0 aromatic carbocycles. The third kappa shape index (κ3) is 5.03. The van der Waals surface area contributed by atoms with E-state index in [-0.39, 0.29) is 22.9 Å². The number of nitrogens with zero attached hydrogens (tertiary/aromatic N) is 3. The molecule has 0 rings (SSSR count). The van der Waals surface area contributed by atoms with Crippen LogP contribution >= 0.6 is 0 Å². The van der Waals surface area contributed by atoms with Gasteiger partial charge < -0.3 is 10.5 Å². The molecule has 0 heterocycles. The molecule has 96 valence electrons. The Labute approximate surface area is 105 Å². The Kier molecular flexibility index (Phi) is 6.66. The minimum absolute atomic E-state index is 0.0585. The summed E-state index contributed by atoms with van der Waals surface area (Å²) in [6, 6.07) is 1.67. The van der Waals surface area contributed by atoms with E-state index < -0.39 is 5.91 Å². The zero-order valence-electron chi connectivity index (χ0n) is 10.4. The largest absolute Gasteiger partial charge is 0.483 e. The van der Waals surface area contributed by atoms with Crippen molar-refractivity contribution in [3.05, 3.63) is 11.4 Å². The van der Waals surface area contributed by atoms with E-state index >= 15 is 0 Å². The highest BCUT2D eigenvalue weighted by Gasteiger charge is 2.13. The van der Waals surface area contributed by atoms with Crippen molar-refractivity contribution in [3.8, 4) is 6.07 Å². The molecule has 0 aromatic rings. The van der Waals surface area contributed by atoms with Gasteiger partial charge in [0.15, 0.2) is 23.6 Å². The smallest absolute Gasteiger partial charge is 0.270 e. The van der Waals surface area contributed by atoms with Gasteiger partial charge in [0, 0.05) is 6.92 Å². The number of primary amides is 1. The van der Waals surface area contributed by atoms with E-state index in [0.29, 0.717) is 6.61 Å². The van der Waals surface area contributed by atoms with Gasteiger partial charge >= 0.3 is 0 Å². The molecule has 0 aromatic heterocycles. The van der Waals surface area contributed by atoms with Crippen molar-refractivity contribution in [1.29, 1.82) is 5.26 Å². The van der Waals surface area contributed by atoms with Gasteiger partial charge in [0.1, 0.15) is 6.07 Å². The fourth-order valence-electron chi connectivity index (χ4n) is 0.779. The highest BCUT2D eigenvalue weighted by atomic mass is 16.5. The van der Waals surface area contributed by atoms with Gasteiger partial charge in [0.05, 0.1) is 12.3 Å². The number of ketones is 1. The minimum atomic E-state index is -0.944. The molecule has 0 atom stereocenters. The van der Waals surface area contributed by atoms with Crippen LogP contribution in [0.25, 0.3) is 0 Å². The molecule has 0 aliphatic carbocycles. The lowest BCUT2D eigenvalue weighted by molar-refractivity contribution is -0.114. The van der Waals surface area contributed by atoms with Crippen LogP contribution < -0.4 is 5.73 Å². The van der Waals surface area contributed by atoms with Crippen LogP contribution in [0.5, 0.6) is 0 Å². The van der Waals surface area contributed by atoms with E-state index in [4.69, 9.17) is 15.7 Å². The molecular weight excluding hydrogens is 236 g/mol. The van der Waals surface area contributed by atoms with Crippen molar-refractivity contribution in [2.24, 2.45) is 15.7 Å². The maximum atomic E-state index is 11.2. The third-order valence-corrected chi connectivity index (χ3v) is 1.78. The quantitative estimate of drug-likeness (QED) is 0.316. The molecule has 0 aliphatic rings. The number of hydrogen-bond acceptors (Lipinski definition) is 6. The summed E-state index contributed by atoms with van der Waals surface area (Å²) < 4.78 is 4.80. The van der Waals surface area contributed by atoms with Crippen LogP contribution in [-0.2, 0) is 14.3 Å². The molecule has 1 amide bonds. The Morgan fingerprint density at radius 2 is 2.06 bits per heavy atom. The second kappa shape index (κ2) is 7.73. The average Bonchev–Trinajstić information content (AvgIpc) is 2.31. The van der Waals surface area contributed by atoms with Crippen molar-refractivity contribution < 1.29 is 14.3 Å². The molecule has 7 heteroatoms. The lowest BCUT2D eigenvalue weighted by Crippen LogP contribution is -2.17. The van der Waals surface area contributed by atoms with Crippen LogP contribution in [0.1, 0.15) is 20.8 Å². The zero-order chi connectivity index (χ0) is 14.1. The van der Waals surface area contributed by atoms with E-state index in [2.05, 4.69) is 9.98 Å². The summed E-state index contributed by atoms with van der Waals surface area (Å²) in [5.74, 6) is -1.28. The summed E-state index contributed by atoms with van der Waals surface area (Å²) in [6.07, 6.45) is 1.01. The third-order valence-electron chi connectivity index (χ3n) is 1.78. The highest BCUT2D eigenvalue weighted by Crippen LogP contribution is 2.07. The predicted octanol–water partition coefficient (Wildman–Crippen LogP) is 0.322. The van der Waals surface area contributed by atoms with Gasteiger partial charge in [0.2, 0.25) is 0 Å². The van der Waals surface area contributed by atoms with Gasteiger partial charge in [0.25, 0.3) is 5.91 Å². The average molecular weight is 250 g/mol. The Hall–Kier alpha value is -2.49. The molecule has 0 radical (unpaired) electrons. The van der Waals surface area contributed by atoms with E-state index in [1.54, 1.807) is 13.0 Å². The number of hydrogen-bond donors (Lipinski definition) is 1. The summed E-state index contributed by atoms with van der Waals surface area (Å²) >= 11 is 0. The van der Waals surface area contributed by atoms with Crippen LogP contribution in [0.4, 0.5) is 0 Å². The van der Waals surface area contributed by atoms with Gasteiger partial charge in [-0.25, -0.2) is 9.98 Å². The standard InChI is InChI=1S/C11H14N4O3/c1-4-18-6-14-9(5-12)10(11(13)17)15-7(2)8(3)16/h6H,4H2,1-3H3,(H2,13,17)/b10-9+,14-6?,15-7?. The molecule has 0 bridgehead atoms. The molecule has 7 nitrogen and oxygen atoms in total. The lowest BCUT2D eigenvalue weighted by atomic mass is 10.2. The molecule has 0 spiro atoms. The molecule has 18 heavy (non-hydrogen) atoms. The van der Waals surface area contributed by atoms with Crippen molar-refractivity contribution in [3.63, 3.8) is 0 Å². The minimum Gasteiger partial charge on any atom is -0.483 e.